The quantitative estimate of drug-likeness (QED) is 0.506. The minimum Gasteiger partial charge on any atom is -0.414 e. The average Bonchev–Trinajstić information content (AvgIpc) is 2.57. The van der Waals surface area contributed by atoms with Gasteiger partial charge in [-0.1, -0.05) is 53.1 Å². The maximum atomic E-state index is 14.9. The van der Waals surface area contributed by atoms with E-state index >= 15 is 0 Å². The molecule has 1 aliphatic heterocycles. The zero-order valence-corrected chi connectivity index (χ0v) is 20.1. The van der Waals surface area contributed by atoms with Gasteiger partial charge in [0.2, 0.25) is 6.29 Å². The van der Waals surface area contributed by atoms with Gasteiger partial charge in [-0.15, -0.1) is 0 Å². The fourth-order valence-electron chi connectivity index (χ4n) is 2.00. The molecule has 0 spiro atoms. The van der Waals surface area contributed by atoms with E-state index in [1.54, 1.807) is 0 Å². The van der Waals surface area contributed by atoms with Gasteiger partial charge in [-0.25, -0.2) is 4.39 Å². The number of ether oxygens (including phenoxy) is 1. The van der Waals surface area contributed by atoms with Crippen LogP contribution in [-0.2, 0) is 13.6 Å². The third-order valence-electron chi connectivity index (χ3n) is 5.99. The van der Waals surface area contributed by atoms with E-state index in [1.807, 2.05) is 13.1 Å². The molecule has 0 saturated carbocycles. The van der Waals surface area contributed by atoms with Crippen LogP contribution < -0.4 is 0 Å². The molecule has 1 rings (SSSR count). The monoisotopic (exact) mass is 414 g/mol. The second kappa shape index (κ2) is 7.15. The summed E-state index contributed by atoms with van der Waals surface area (Å²) in [6.07, 6.45) is -3.52. The molecule has 1 saturated heterocycles. The van der Waals surface area contributed by atoms with Crippen LogP contribution in [0.3, 0.4) is 0 Å². The van der Waals surface area contributed by atoms with Crippen molar-refractivity contribution in [3.63, 3.8) is 0 Å². The number of aliphatic hydroxyl groups is 1. The van der Waals surface area contributed by atoms with E-state index in [2.05, 4.69) is 54.6 Å². The zero-order valence-electron chi connectivity index (χ0n) is 17.4. The van der Waals surface area contributed by atoms with Crippen molar-refractivity contribution in [3.05, 3.63) is 0 Å². The number of alkyl halides is 2. The third-order valence-corrected chi connectivity index (χ3v) is 15.4. The fraction of sp³-hybridized carbons (Fsp3) is 1.00. The van der Waals surface area contributed by atoms with Crippen LogP contribution in [-0.4, -0.2) is 52.0 Å². The van der Waals surface area contributed by atoms with Crippen LogP contribution in [0.2, 0.25) is 36.3 Å². The average molecular weight is 415 g/mol. The molecule has 0 aromatic heterocycles. The Morgan fingerprint density at radius 2 is 1.48 bits per heavy atom. The number of hydrogen-bond donors (Lipinski definition) is 1. The molecule has 0 bridgehead atoms. The summed E-state index contributed by atoms with van der Waals surface area (Å²) in [7, 11) is -4.34. The maximum Gasteiger partial charge on any atom is 0.260 e. The van der Waals surface area contributed by atoms with Crippen LogP contribution in [0, 0.1) is 0 Å². The molecule has 1 heterocycles. The van der Waals surface area contributed by atoms with E-state index in [0.29, 0.717) is 0 Å². The molecule has 4 nitrogen and oxygen atoms in total. The second-order valence-electron chi connectivity index (χ2n) is 10.1. The Morgan fingerprint density at radius 3 is 1.88 bits per heavy atom. The Kier molecular flexibility index (Phi) is 6.73. The van der Waals surface area contributed by atoms with E-state index in [9.17, 15) is 9.50 Å². The molecule has 8 heteroatoms. The number of rotatable bonds is 5. The molecule has 0 aromatic rings. The molecule has 4 atom stereocenters. The fourth-order valence-corrected chi connectivity index (χ4v) is 4.64. The molecular formula is C17H36ClFO4Si2. The number of aliphatic hydroxyl groups excluding tert-OH is 1. The lowest BCUT2D eigenvalue weighted by molar-refractivity contribution is -0.127. The molecule has 0 radical (unpaired) electrons. The molecular weight excluding hydrogens is 379 g/mol. The van der Waals surface area contributed by atoms with Crippen LogP contribution in [0.15, 0.2) is 0 Å². The van der Waals surface area contributed by atoms with E-state index in [-0.39, 0.29) is 16.7 Å². The smallest absolute Gasteiger partial charge is 0.260 e. The van der Waals surface area contributed by atoms with Gasteiger partial charge >= 0.3 is 0 Å². The van der Waals surface area contributed by atoms with Crippen LogP contribution in [0.4, 0.5) is 4.39 Å². The highest BCUT2D eigenvalue weighted by Gasteiger charge is 2.60. The topological polar surface area (TPSA) is 47.9 Å². The summed E-state index contributed by atoms with van der Waals surface area (Å²) in [5.41, 5.74) is 0. The predicted molar refractivity (Wildman–Crippen MR) is 106 cm³/mol. The van der Waals surface area contributed by atoms with Crippen molar-refractivity contribution < 1.29 is 23.1 Å². The van der Waals surface area contributed by atoms with Gasteiger partial charge in [-0.3, -0.25) is 0 Å². The predicted octanol–water partition coefficient (Wildman–Crippen LogP) is 5.02. The Hall–Kier alpha value is 0.494. The summed E-state index contributed by atoms with van der Waals surface area (Å²) in [6, 6.07) is 0. The van der Waals surface area contributed by atoms with Crippen LogP contribution in [0.25, 0.3) is 0 Å². The lowest BCUT2D eigenvalue weighted by Gasteiger charge is -2.41. The first-order chi connectivity index (χ1) is 10.8. The zero-order chi connectivity index (χ0) is 20.1. The summed E-state index contributed by atoms with van der Waals surface area (Å²) >= 11 is 5.99. The molecule has 1 fully saturated rings. The van der Waals surface area contributed by atoms with Gasteiger partial charge in [0.05, 0.1) is 6.61 Å². The molecule has 1 N–H and O–H groups in total. The third kappa shape index (κ3) is 5.06. The van der Waals surface area contributed by atoms with Crippen molar-refractivity contribution in [1.29, 1.82) is 0 Å². The van der Waals surface area contributed by atoms with Crippen molar-refractivity contribution in [2.75, 3.05) is 6.61 Å². The first-order valence-electron chi connectivity index (χ1n) is 8.86. The second-order valence-corrected chi connectivity index (χ2v) is 20.2. The Labute approximate surface area is 159 Å². The van der Waals surface area contributed by atoms with Gasteiger partial charge in [-0.05, 0) is 36.3 Å². The SMILES string of the molecule is CC(C)(C)[Si](C)(C)OC[C@H]1OC(O)[C@@](F)(Cl)[C@@H]1O[Si](C)(C)C(C)(C)C. The first kappa shape index (κ1) is 23.5. The van der Waals surface area contributed by atoms with Gasteiger partial charge in [0.15, 0.2) is 16.6 Å². The summed E-state index contributed by atoms with van der Waals surface area (Å²) < 4.78 is 32.7. The normalized spacial score (nSPS) is 32.3. The van der Waals surface area contributed by atoms with Crippen molar-refractivity contribution >= 4 is 28.2 Å². The Balaban J connectivity index is 2.98. The maximum absolute atomic E-state index is 14.9. The van der Waals surface area contributed by atoms with E-state index < -0.39 is 40.3 Å². The molecule has 0 amide bonds. The molecule has 0 aromatic carbocycles. The van der Waals surface area contributed by atoms with E-state index in [1.165, 1.54) is 0 Å². The van der Waals surface area contributed by atoms with Crippen molar-refractivity contribution in [3.8, 4) is 0 Å². The van der Waals surface area contributed by atoms with Crippen LogP contribution in [0.1, 0.15) is 41.5 Å². The molecule has 25 heavy (non-hydrogen) atoms. The summed E-state index contributed by atoms with van der Waals surface area (Å²) in [5.74, 6) is 0. The largest absolute Gasteiger partial charge is 0.414 e. The lowest BCUT2D eigenvalue weighted by Crippen LogP contribution is -2.53. The van der Waals surface area contributed by atoms with Crippen molar-refractivity contribution in [2.24, 2.45) is 0 Å². The molecule has 150 valence electrons. The lowest BCUT2D eigenvalue weighted by atomic mass is 10.1. The first-order valence-corrected chi connectivity index (χ1v) is 15.1. The van der Waals surface area contributed by atoms with Gasteiger partial charge < -0.3 is 18.7 Å². The summed E-state index contributed by atoms with van der Waals surface area (Å²) in [5, 5.41) is 7.38. The van der Waals surface area contributed by atoms with E-state index in [4.69, 9.17) is 25.2 Å². The van der Waals surface area contributed by atoms with Crippen molar-refractivity contribution in [2.45, 2.75) is 101 Å². The van der Waals surface area contributed by atoms with E-state index in [0.717, 1.165) is 0 Å². The van der Waals surface area contributed by atoms with Gasteiger partial charge in [0, 0.05) is 0 Å². The van der Waals surface area contributed by atoms with Gasteiger partial charge in [0.25, 0.3) is 5.13 Å². The number of halogens is 2. The van der Waals surface area contributed by atoms with Crippen LogP contribution in [0.5, 0.6) is 0 Å². The molecule has 1 aliphatic rings. The van der Waals surface area contributed by atoms with Gasteiger partial charge in [-0.2, -0.15) is 0 Å². The summed E-state index contributed by atoms with van der Waals surface area (Å²) in [6.45, 7) is 21.0. The van der Waals surface area contributed by atoms with Gasteiger partial charge in [0.1, 0.15) is 12.2 Å². The van der Waals surface area contributed by atoms with Crippen LogP contribution >= 0.6 is 11.6 Å². The summed E-state index contributed by atoms with van der Waals surface area (Å²) in [4.78, 5) is 0. The Bertz CT molecular complexity index is 472. The minimum absolute atomic E-state index is 0.0216. The van der Waals surface area contributed by atoms with Crippen molar-refractivity contribution in [1.82, 2.24) is 0 Å². The Morgan fingerprint density at radius 1 is 1.04 bits per heavy atom. The number of hydrogen-bond acceptors (Lipinski definition) is 4. The highest BCUT2D eigenvalue weighted by molar-refractivity contribution is 6.74. The highest BCUT2D eigenvalue weighted by atomic mass is 35.5. The molecule has 0 aliphatic carbocycles. The standard InChI is InChI=1S/C17H36ClFO4Si2/c1-15(2,3)24(7,8)21-11-12-13(17(18,19)14(20)22-12)23-25(9,10)16(4,5)6/h12-14,20H,11H2,1-10H3/t12-,13-,14?,17-/m1/s1. The molecule has 1 unspecified atom stereocenters. The minimum atomic E-state index is -2.48. The highest BCUT2D eigenvalue weighted by Crippen LogP contribution is 2.45.